The van der Waals surface area contributed by atoms with Crippen LogP contribution < -0.4 is 4.74 Å². The van der Waals surface area contributed by atoms with Crippen molar-refractivity contribution in [3.63, 3.8) is 0 Å². The highest BCUT2D eigenvalue weighted by Gasteiger charge is 2.39. The van der Waals surface area contributed by atoms with E-state index in [4.69, 9.17) is 9.47 Å². The fourth-order valence-corrected chi connectivity index (χ4v) is 5.55. The summed E-state index contributed by atoms with van der Waals surface area (Å²) in [5, 5.41) is 9.98. The quantitative estimate of drug-likeness (QED) is 0.273. The van der Waals surface area contributed by atoms with E-state index in [2.05, 4.69) is 49.6 Å². The maximum atomic E-state index is 13.5. The van der Waals surface area contributed by atoms with Gasteiger partial charge in [0.05, 0.1) is 26.5 Å². The van der Waals surface area contributed by atoms with E-state index in [-0.39, 0.29) is 30.2 Å². The van der Waals surface area contributed by atoms with Crippen LogP contribution in [-0.2, 0) is 22.3 Å². The first-order valence-electron chi connectivity index (χ1n) is 13.4. The van der Waals surface area contributed by atoms with Gasteiger partial charge in [0.25, 0.3) is 5.82 Å². The van der Waals surface area contributed by atoms with Crippen molar-refractivity contribution in [1.82, 2.24) is 30.0 Å². The van der Waals surface area contributed by atoms with Crippen molar-refractivity contribution in [3.05, 3.63) is 101 Å². The third-order valence-corrected chi connectivity index (χ3v) is 7.51. The summed E-state index contributed by atoms with van der Waals surface area (Å²) in [7, 11) is 2.90. The second-order valence-corrected chi connectivity index (χ2v) is 10.1. The van der Waals surface area contributed by atoms with Gasteiger partial charge in [0.1, 0.15) is 5.75 Å². The molecule has 4 aromatic rings. The van der Waals surface area contributed by atoms with E-state index >= 15 is 0 Å². The number of aromatic nitrogens is 4. The van der Waals surface area contributed by atoms with Crippen molar-refractivity contribution in [3.8, 4) is 11.4 Å². The molecule has 1 aliphatic rings. The predicted octanol–water partition coefficient (Wildman–Crippen LogP) is 4.18. The molecule has 2 heterocycles. The van der Waals surface area contributed by atoms with Crippen LogP contribution >= 0.6 is 0 Å². The summed E-state index contributed by atoms with van der Waals surface area (Å²) in [4.78, 5) is 16.8. The Labute approximate surface area is 241 Å². The first kappa shape index (κ1) is 29.2. The van der Waals surface area contributed by atoms with Crippen LogP contribution in [0.3, 0.4) is 0 Å². The summed E-state index contributed by atoms with van der Waals surface area (Å²) in [6, 6.07) is 24.9. The highest BCUT2D eigenvalue weighted by Crippen LogP contribution is 2.35. The van der Waals surface area contributed by atoms with Crippen LogP contribution in [0.1, 0.15) is 28.4 Å². The molecule has 3 aromatic carbocycles. The molecule has 9 nitrogen and oxygen atoms in total. The Hall–Kier alpha value is -4.29. The topological polar surface area (TPSA) is 85.6 Å². The highest BCUT2D eigenvalue weighted by atomic mass is 19.4. The molecule has 42 heavy (non-hydrogen) atoms. The molecule has 220 valence electrons. The molecule has 1 aliphatic heterocycles. The number of ether oxygens (including phenoxy) is 2. The van der Waals surface area contributed by atoms with Gasteiger partial charge in [-0.25, -0.2) is 0 Å². The Morgan fingerprint density at radius 2 is 1.64 bits per heavy atom. The van der Waals surface area contributed by atoms with Crippen LogP contribution in [-0.4, -0.2) is 82.4 Å². The Morgan fingerprint density at radius 1 is 0.976 bits per heavy atom. The van der Waals surface area contributed by atoms with E-state index in [1.165, 1.54) is 20.3 Å². The van der Waals surface area contributed by atoms with Crippen molar-refractivity contribution in [2.45, 2.75) is 24.7 Å². The third kappa shape index (κ3) is 6.44. The second kappa shape index (κ2) is 12.7. The van der Waals surface area contributed by atoms with E-state index in [1.807, 2.05) is 36.4 Å². The molecular weight excluding hydrogens is 549 g/mol. The minimum absolute atomic E-state index is 0.0522. The van der Waals surface area contributed by atoms with Crippen molar-refractivity contribution in [2.24, 2.45) is 0 Å². The van der Waals surface area contributed by atoms with Gasteiger partial charge in [-0.05, 0) is 39.8 Å². The lowest BCUT2D eigenvalue weighted by Crippen LogP contribution is -2.56. The predicted molar refractivity (Wildman–Crippen MR) is 148 cm³/mol. The van der Waals surface area contributed by atoms with Gasteiger partial charge in [0, 0.05) is 43.7 Å². The van der Waals surface area contributed by atoms with Gasteiger partial charge in [-0.1, -0.05) is 60.7 Å². The molecule has 1 fully saturated rings. The smallest absolute Gasteiger partial charge is 0.453 e. The number of alkyl halides is 3. The Balaban J connectivity index is 1.48. The van der Waals surface area contributed by atoms with Gasteiger partial charge < -0.3 is 9.47 Å². The summed E-state index contributed by atoms with van der Waals surface area (Å²) in [5.41, 5.74) is 3.09. The normalized spacial score (nSPS) is 16.5. The number of benzene rings is 3. The molecule has 0 N–H and O–H groups in total. The van der Waals surface area contributed by atoms with Crippen LogP contribution in [0.25, 0.3) is 5.69 Å². The lowest BCUT2D eigenvalue weighted by Gasteiger charge is -2.45. The van der Waals surface area contributed by atoms with Crippen molar-refractivity contribution >= 4 is 5.97 Å². The average Bonchev–Trinajstić information content (AvgIpc) is 3.51. The Morgan fingerprint density at radius 3 is 2.24 bits per heavy atom. The molecule has 0 saturated carbocycles. The highest BCUT2D eigenvalue weighted by molar-refractivity contribution is 5.71. The molecule has 0 bridgehead atoms. The van der Waals surface area contributed by atoms with Crippen molar-refractivity contribution in [2.75, 3.05) is 40.4 Å². The van der Waals surface area contributed by atoms with Crippen molar-refractivity contribution < 1.29 is 27.4 Å². The van der Waals surface area contributed by atoms with Crippen LogP contribution in [0, 0.1) is 0 Å². The molecule has 5 rings (SSSR count). The van der Waals surface area contributed by atoms with E-state index in [9.17, 15) is 18.0 Å². The van der Waals surface area contributed by atoms with Gasteiger partial charge >= 0.3 is 12.1 Å². The molecule has 0 aliphatic carbocycles. The zero-order valence-corrected chi connectivity index (χ0v) is 23.2. The monoisotopic (exact) mass is 580 g/mol. The first-order chi connectivity index (χ1) is 20.3. The van der Waals surface area contributed by atoms with Gasteiger partial charge in [0.2, 0.25) is 0 Å². The minimum atomic E-state index is -4.71. The van der Waals surface area contributed by atoms with Crippen molar-refractivity contribution in [1.29, 1.82) is 0 Å². The molecule has 0 spiro atoms. The number of tetrazole rings is 1. The molecule has 0 radical (unpaired) electrons. The maximum Gasteiger partial charge on any atom is 0.453 e. The van der Waals surface area contributed by atoms with E-state index in [1.54, 1.807) is 12.1 Å². The summed E-state index contributed by atoms with van der Waals surface area (Å²) in [6.07, 6.45) is -4.71. The molecule has 1 unspecified atom stereocenters. The van der Waals surface area contributed by atoms with Gasteiger partial charge in [-0.2, -0.15) is 17.9 Å². The number of halogens is 3. The van der Waals surface area contributed by atoms with E-state index < -0.39 is 12.0 Å². The summed E-state index contributed by atoms with van der Waals surface area (Å²) >= 11 is 0. The van der Waals surface area contributed by atoms with E-state index in [0.29, 0.717) is 42.2 Å². The number of piperazine rings is 1. The zero-order valence-electron chi connectivity index (χ0n) is 23.2. The molecular formula is C30H31F3N6O3. The Bertz CT molecular complexity index is 1440. The van der Waals surface area contributed by atoms with Crippen LogP contribution in [0.5, 0.6) is 5.75 Å². The van der Waals surface area contributed by atoms with Gasteiger partial charge in [-0.15, -0.1) is 5.10 Å². The number of rotatable bonds is 9. The second-order valence-electron chi connectivity index (χ2n) is 10.1. The molecule has 1 atom stereocenters. The van der Waals surface area contributed by atoms with E-state index in [0.717, 1.165) is 11.1 Å². The summed E-state index contributed by atoms with van der Waals surface area (Å²) in [5.74, 6) is -1.03. The number of carbonyl (C=O) groups is 1. The minimum Gasteiger partial charge on any atom is -0.496 e. The zero-order chi connectivity index (χ0) is 29.7. The first-order valence-corrected chi connectivity index (χ1v) is 13.4. The number of nitrogens with zero attached hydrogens (tertiary/aromatic N) is 6. The lowest BCUT2D eigenvalue weighted by atomic mass is 9.83. The molecule has 1 aromatic heterocycles. The van der Waals surface area contributed by atoms with Crippen LogP contribution in [0.15, 0.2) is 78.9 Å². The third-order valence-electron chi connectivity index (χ3n) is 7.51. The summed E-state index contributed by atoms with van der Waals surface area (Å²) in [6.45, 7) is 2.33. The number of hydrogen-bond acceptors (Lipinski definition) is 8. The molecule has 0 amide bonds. The number of esters is 1. The lowest BCUT2D eigenvalue weighted by molar-refractivity contribution is -0.146. The van der Waals surface area contributed by atoms with Crippen LogP contribution in [0.2, 0.25) is 0 Å². The summed E-state index contributed by atoms with van der Waals surface area (Å²) < 4.78 is 51.8. The molecule has 12 heteroatoms. The molecule has 1 saturated heterocycles. The standard InChI is InChI=1S/C30H31F3N6O3/c1-41-26-14-13-24(39-29(30(31,32)33)34-35-36-39)17-23(26)18-37-15-16-38(20-27(40)42-2)25(19-37)28(21-9-5-3-6-10-21)22-11-7-4-8-12-22/h3-14,17,25,28H,15-16,18-20H2,1-2H3. The SMILES string of the molecule is COC(=O)CN1CCN(Cc2cc(-n3nnnc3C(F)(F)F)ccc2OC)CC1C(c1ccccc1)c1ccccc1. The fourth-order valence-electron chi connectivity index (χ4n) is 5.55. The Kier molecular flexibility index (Phi) is 8.83. The fraction of sp³-hybridized carbons (Fsp3) is 0.333. The van der Waals surface area contributed by atoms with Gasteiger partial charge in [0.15, 0.2) is 0 Å². The number of methoxy groups -OCH3 is 2. The average molecular weight is 581 g/mol. The largest absolute Gasteiger partial charge is 0.496 e. The van der Waals surface area contributed by atoms with Crippen LogP contribution in [0.4, 0.5) is 13.2 Å². The maximum absolute atomic E-state index is 13.5. The number of hydrogen-bond donors (Lipinski definition) is 0. The van der Waals surface area contributed by atoms with Gasteiger partial charge in [-0.3, -0.25) is 14.6 Å². The number of carbonyl (C=O) groups excluding carboxylic acids is 1.